The average Bonchev–Trinajstić information content (AvgIpc) is 2.68. The zero-order valence-corrected chi connectivity index (χ0v) is 9.88. The van der Waals surface area contributed by atoms with Crippen LogP contribution in [0.25, 0.3) is 0 Å². The Hall–Kier alpha value is -1.46. The van der Waals surface area contributed by atoms with Gasteiger partial charge in [-0.05, 0) is 42.7 Å². The van der Waals surface area contributed by atoms with E-state index >= 15 is 0 Å². The minimum absolute atomic E-state index is 0.412. The van der Waals surface area contributed by atoms with Gasteiger partial charge in [-0.3, -0.25) is 0 Å². The van der Waals surface area contributed by atoms with E-state index in [4.69, 9.17) is 16.3 Å². The van der Waals surface area contributed by atoms with Crippen LogP contribution in [0.4, 0.5) is 0 Å². The van der Waals surface area contributed by atoms with E-state index in [1.54, 1.807) is 31.2 Å². The summed E-state index contributed by atoms with van der Waals surface area (Å²) in [7, 11) is 0. The van der Waals surface area contributed by atoms with E-state index in [9.17, 15) is 4.79 Å². The van der Waals surface area contributed by atoms with Gasteiger partial charge in [0.15, 0.2) is 4.88 Å². The molecule has 0 unspecified atom stereocenters. The second kappa shape index (κ2) is 4.59. The molecule has 1 heterocycles. The van der Waals surface area contributed by atoms with Crippen molar-refractivity contribution in [3.63, 3.8) is 0 Å². The van der Waals surface area contributed by atoms with E-state index in [0.29, 0.717) is 21.3 Å². The molecule has 4 nitrogen and oxygen atoms in total. The molecule has 0 aliphatic carbocycles. The Kier molecular flexibility index (Phi) is 3.17. The Morgan fingerprint density at radius 3 is 2.62 bits per heavy atom. The van der Waals surface area contributed by atoms with Crippen LogP contribution in [0.5, 0.6) is 5.75 Å². The number of nitrogens with zero attached hydrogens (tertiary/aromatic N) is 2. The molecular weight excluding hydrogens is 248 g/mol. The monoisotopic (exact) mass is 254 g/mol. The van der Waals surface area contributed by atoms with Gasteiger partial charge < -0.3 is 4.74 Å². The summed E-state index contributed by atoms with van der Waals surface area (Å²) in [6.45, 7) is 1.71. The van der Waals surface area contributed by atoms with Gasteiger partial charge in [-0.15, -0.1) is 5.10 Å². The minimum Gasteiger partial charge on any atom is -0.422 e. The quantitative estimate of drug-likeness (QED) is 0.611. The molecule has 0 N–H and O–H groups in total. The number of halogens is 1. The Balaban J connectivity index is 2.14. The first kappa shape index (κ1) is 11.0. The van der Waals surface area contributed by atoms with Crippen LogP contribution in [0.1, 0.15) is 15.4 Å². The van der Waals surface area contributed by atoms with E-state index in [2.05, 4.69) is 9.59 Å². The number of hydrogen-bond acceptors (Lipinski definition) is 5. The molecule has 0 spiro atoms. The zero-order chi connectivity index (χ0) is 11.5. The number of hydrogen-bond donors (Lipinski definition) is 0. The number of aromatic nitrogens is 2. The highest BCUT2D eigenvalue weighted by atomic mass is 35.5. The summed E-state index contributed by atoms with van der Waals surface area (Å²) in [6, 6.07) is 6.57. The number of rotatable bonds is 2. The lowest BCUT2D eigenvalue weighted by molar-refractivity contribution is 0.0739. The maximum absolute atomic E-state index is 11.7. The van der Waals surface area contributed by atoms with Gasteiger partial charge in [0.05, 0.1) is 5.69 Å². The highest BCUT2D eigenvalue weighted by Crippen LogP contribution is 2.18. The molecule has 0 bridgehead atoms. The maximum Gasteiger partial charge on any atom is 0.357 e. The molecule has 0 radical (unpaired) electrons. The molecule has 1 aromatic carbocycles. The summed E-state index contributed by atoms with van der Waals surface area (Å²) in [5, 5.41) is 4.33. The van der Waals surface area contributed by atoms with Crippen LogP contribution in [0.15, 0.2) is 24.3 Å². The van der Waals surface area contributed by atoms with Crippen LogP contribution in [0.2, 0.25) is 5.02 Å². The molecular formula is C10H7ClN2O2S. The van der Waals surface area contributed by atoms with Crippen molar-refractivity contribution in [2.24, 2.45) is 0 Å². The van der Waals surface area contributed by atoms with Gasteiger partial charge >= 0.3 is 5.97 Å². The van der Waals surface area contributed by atoms with Crippen molar-refractivity contribution >= 4 is 29.1 Å². The molecule has 0 amide bonds. The number of carbonyl (C=O) groups excluding carboxylic acids is 1. The van der Waals surface area contributed by atoms with Crippen molar-refractivity contribution in [2.45, 2.75) is 6.92 Å². The fraction of sp³-hybridized carbons (Fsp3) is 0.100. The normalized spacial score (nSPS) is 10.1. The first-order valence-electron chi connectivity index (χ1n) is 4.43. The Morgan fingerprint density at radius 1 is 1.38 bits per heavy atom. The summed E-state index contributed by atoms with van der Waals surface area (Å²) in [6.07, 6.45) is 0. The van der Waals surface area contributed by atoms with Gasteiger partial charge in [-0.25, -0.2) is 4.79 Å². The van der Waals surface area contributed by atoms with Gasteiger partial charge in [0.1, 0.15) is 5.75 Å². The topological polar surface area (TPSA) is 52.1 Å². The highest BCUT2D eigenvalue weighted by Gasteiger charge is 2.15. The van der Waals surface area contributed by atoms with Crippen LogP contribution >= 0.6 is 23.1 Å². The third kappa shape index (κ3) is 2.37. The SMILES string of the molecule is Cc1nnsc1C(=O)Oc1ccc(Cl)cc1. The lowest BCUT2D eigenvalue weighted by Crippen LogP contribution is -2.07. The summed E-state index contributed by atoms with van der Waals surface area (Å²) in [5.41, 5.74) is 0.573. The molecule has 6 heteroatoms. The minimum atomic E-state index is -0.449. The number of benzene rings is 1. The molecule has 0 aliphatic heterocycles. The Morgan fingerprint density at radius 2 is 2.06 bits per heavy atom. The van der Waals surface area contributed by atoms with Gasteiger partial charge in [0.2, 0.25) is 0 Å². The third-order valence-corrected chi connectivity index (χ3v) is 2.92. The van der Waals surface area contributed by atoms with E-state index in [0.717, 1.165) is 11.5 Å². The number of carbonyl (C=O) groups is 1. The van der Waals surface area contributed by atoms with Crippen molar-refractivity contribution in [1.29, 1.82) is 0 Å². The molecule has 2 rings (SSSR count). The third-order valence-electron chi connectivity index (χ3n) is 1.86. The van der Waals surface area contributed by atoms with Gasteiger partial charge in [-0.1, -0.05) is 16.1 Å². The average molecular weight is 255 g/mol. The summed E-state index contributed by atoms with van der Waals surface area (Å²) in [4.78, 5) is 12.1. The van der Waals surface area contributed by atoms with Crippen LogP contribution < -0.4 is 4.74 Å². The first-order valence-corrected chi connectivity index (χ1v) is 5.58. The van der Waals surface area contributed by atoms with Gasteiger partial charge in [0, 0.05) is 5.02 Å². The van der Waals surface area contributed by atoms with Gasteiger partial charge in [0.25, 0.3) is 0 Å². The van der Waals surface area contributed by atoms with Crippen molar-refractivity contribution in [2.75, 3.05) is 0 Å². The van der Waals surface area contributed by atoms with Crippen LogP contribution in [0.3, 0.4) is 0 Å². The Bertz CT molecular complexity index is 510. The second-order valence-corrected chi connectivity index (χ2v) is 4.22. The highest BCUT2D eigenvalue weighted by molar-refractivity contribution is 7.07. The fourth-order valence-corrected chi connectivity index (χ4v) is 1.74. The van der Waals surface area contributed by atoms with E-state index in [1.807, 2.05) is 0 Å². The fourth-order valence-electron chi connectivity index (χ4n) is 1.07. The summed E-state index contributed by atoms with van der Waals surface area (Å²) >= 11 is 6.73. The van der Waals surface area contributed by atoms with Crippen molar-refractivity contribution in [3.05, 3.63) is 39.9 Å². The zero-order valence-electron chi connectivity index (χ0n) is 8.31. The largest absolute Gasteiger partial charge is 0.422 e. The predicted molar refractivity (Wildman–Crippen MR) is 61.1 cm³/mol. The van der Waals surface area contributed by atoms with Crippen molar-refractivity contribution < 1.29 is 9.53 Å². The molecule has 0 saturated heterocycles. The molecule has 16 heavy (non-hydrogen) atoms. The lowest BCUT2D eigenvalue weighted by atomic mass is 10.3. The molecule has 82 valence electrons. The van der Waals surface area contributed by atoms with E-state index in [1.165, 1.54) is 0 Å². The summed E-state index contributed by atoms with van der Waals surface area (Å²) < 4.78 is 8.80. The molecule has 0 saturated carbocycles. The van der Waals surface area contributed by atoms with Crippen molar-refractivity contribution in [3.8, 4) is 5.75 Å². The number of esters is 1. The van der Waals surface area contributed by atoms with E-state index < -0.39 is 5.97 Å². The predicted octanol–water partition coefficient (Wildman–Crippen LogP) is 2.72. The number of aryl methyl sites for hydroxylation is 1. The van der Waals surface area contributed by atoms with E-state index in [-0.39, 0.29) is 0 Å². The van der Waals surface area contributed by atoms with Gasteiger partial charge in [-0.2, -0.15) is 0 Å². The smallest absolute Gasteiger partial charge is 0.357 e. The summed E-state index contributed by atoms with van der Waals surface area (Å²) in [5.74, 6) is -0.00276. The molecule has 2 aromatic rings. The first-order chi connectivity index (χ1) is 7.66. The van der Waals surface area contributed by atoms with Crippen molar-refractivity contribution in [1.82, 2.24) is 9.59 Å². The second-order valence-electron chi connectivity index (χ2n) is 3.03. The molecule has 0 atom stereocenters. The molecule has 0 aliphatic rings. The lowest BCUT2D eigenvalue weighted by Gasteiger charge is -2.02. The van der Waals surface area contributed by atoms with Crippen LogP contribution in [-0.4, -0.2) is 15.6 Å². The van der Waals surface area contributed by atoms with Crippen LogP contribution in [-0.2, 0) is 0 Å². The van der Waals surface area contributed by atoms with Crippen LogP contribution in [0, 0.1) is 6.92 Å². The standard InChI is InChI=1S/C10H7ClN2O2S/c1-6-9(16-13-12-6)10(14)15-8-4-2-7(11)3-5-8/h2-5H,1H3. The number of ether oxygens (including phenoxy) is 1. The molecule has 1 aromatic heterocycles. The Labute approximate surface area is 101 Å². The maximum atomic E-state index is 11.7. The molecule has 0 fully saturated rings.